The van der Waals surface area contributed by atoms with Crippen molar-refractivity contribution in [3.8, 4) is 11.1 Å². The molecule has 0 radical (unpaired) electrons. The summed E-state index contributed by atoms with van der Waals surface area (Å²) in [5.41, 5.74) is 2.17. The van der Waals surface area contributed by atoms with E-state index in [9.17, 15) is 0 Å². The van der Waals surface area contributed by atoms with Gasteiger partial charge in [-0.15, -0.1) is 0 Å². The van der Waals surface area contributed by atoms with Gasteiger partial charge in [-0.2, -0.15) is 0 Å². The van der Waals surface area contributed by atoms with Gasteiger partial charge in [-0.3, -0.25) is 0 Å². The summed E-state index contributed by atoms with van der Waals surface area (Å²) in [6, 6.07) is 8.72. The molecule has 1 aromatic carbocycles. The molecule has 1 saturated heterocycles. The Kier molecular flexibility index (Phi) is 3.98. The minimum Gasteiger partial charge on any atom is -0.339 e. The van der Waals surface area contributed by atoms with E-state index in [1.807, 2.05) is 31.6 Å². The smallest absolute Gasteiger partial charge is 0.225 e. The minimum absolute atomic E-state index is 0.545. The quantitative estimate of drug-likeness (QED) is 0.938. The lowest BCUT2D eigenvalue weighted by atomic mass is 10.1. The first-order valence-electron chi connectivity index (χ1n) is 6.76. The first-order chi connectivity index (χ1) is 9.76. The zero-order chi connectivity index (χ0) is 13.9. The molecule has 2 aromatic rings. The van der Waals surface area contributed by atoms with Crippen LogP contribution in [0.3, 0.4) is 0 Å². The van der Waals surface area contributed by atoms with Crippen LogP contribution in [0.5, 0.6) is 0 Å². The lowest BCUT2D eigenvalue weighted by Gasteiger charge is -2.16. The summed E-state index contributed by atoms with van der Waals surface area (Å²) < 4.78 is 1.07. The predicted octanol–water partition coefficient (Wildman–Crippen LogP) is 2.70. The number of nitrogens with one attached hydrogen (secondary N) is 1. The molecular weight excluding hydrogens is 316 g/mol. The zero-order valence-electron chi connectivity index (χ0n) is 11.4. The van der Waals surface area contributed by atoms with Crippen LogP contribution in [0.15, 0.2) is 41.1 Å². The van der Waals surface area contributed by atoms with Gasteiger partial charge >= 0.3 is 0 Å². The number of anilines is 1. The van der Waals surface area contributed by atoms with Gasteiger partial charge < -0.3 is 10.2 Å². The molecule has 104 valence electrons. The second-order valence-corrected chi connectivity index (χ2v) is 5.92. The Morgan fingerprint density at radius 2 is 2.05 bits per heavy atom. The van der Waals surface area contributed by atoms with E-state index in [0.29, 0.717) is 6.04 Å². The zero-order valence-corrected chi connectivity index (χ0v) is 13.0. The molecule has 0 aliphatic carbocycles. The predicted molar refractivity (Wildman–Crippen MR) is 84.8 cm³/mol. The van der Waals surface area contributed by atoms with Crippen molar-refractivity contribution >= 4 is 21.9 Å². The Balaban J connectivity index is 1.78. The highest BCUT2D eigenvalue weighted by Gasteiger charge is 2.22. The van der Waals surface area contributed by atoms with Gasteiger partial charge in [-0.1, -0.05) is 28.1 Å². The van der Waals surface area contributed by atoms with Gasteiger partial charge in [0.05, 0.1) is 0 Å². The molecule has 0 spiro atoms. The fourth-order valence-corrected chi connectivity index (χ4v) is 2.88. The second kappa shape index (κ2) is 5.89. The molecule has 0 amide bonds. The Morgan fingerprint density at radius 3 is 2.70 bits per heavy atom. The molecule has 1 aliphatic heterocycles. The molecule has 1 atom stereocenters. The lowest BCUT2D eigenvalue weighted by molar-refractivity contribution is 0.616. The topological polar surface area (TPSA) is 41.0 Å². The number of aromatic nitrogens is 2. The number of rotatable bonds is 3. The number of hydrogen-bond acceptors (Lipinski definition) is 4. The van der Waals surface area contributed by atoms with E-state index in [0.717, 1.165) is 41.1 Å². The van der Waals surface area contributed by atoms with E-state index < -0.39 is 0 Å². The van der Waals surface area contributed by atoms with Gasteiger partial charge in [0.2, 0.25) is 5.95 Å². The van der Waals surface area contributed by atoms with Gasteiger partial charge in [0.15, 0.2) is 0 Å². The van der Waals surface area contributed by atoms with Gasteiger partial charge in [-0.05, 0) is 31.2 Å². The van der Waals surface area contributed by atoms with Gasteiger partial charge in [0.25, 0.3) is 0 Å². The first kappa shape index (κ1) is 13.5. The third-order valence-corrected chi connectivity index (χ3v) is 4.17. The van der Waals surface area contributed by atoms with Crippen LogP contribution in [0.2, 0.25) is 0 Å². The average Bonchev–Trinajstić information content (AvgIpc) is 2.96. The molecule has 0 saturated carbocycles. The number of benzene rings is 1. The van der Waals surface area contributed by atoms with Crippen molar-refractivity contribution < 1.29 is 0 Å². The number of hydrogen-bond donors (Lipinski definition) is 1. The monoisotopic (exact) mass is 332 g/mol. The third kappa shape index (κ3) is 2.83. The maximum absolute atomic E-state index is 4.51. The van der Waals surface area contributed by atoms with E-state index in [-0.39, 0.29) is 0 Å². The van der Waals surface area contributed by atoms with E-state index in [1.165, 1.54) is 0 Å². The van der Waals surface area contributed by atoms with Gasteiger partial charge in [-0.25, -0.2) is 9.97 Å². The third-order valence-electron chi connectivity index (χ3n) is 3.68. The number of halogens is 1. The molecule has 2 heterocycles. The van der Waals surface area contributed by atoms with Crippen LogP contribution in [0.1, 0.15) is 6.42 Å². The Hall–Kier alpha value is -1.46. The maximum Gasteiger partial charge on any atom is 0.225 e. The highest BCUT2D eigenvalue weighted by molar-refractivity contribution is 9.10. The summed E-state index contributed by atoms with van der Waals surface area (Å²) in [7, 11) is 2.01. The van der Waals surface area contributed by atoms with Crippen LogP contribution in [-0.4, -0.2) is 36.1 Å². The van der Waals surface area contributed by atoms with Gasteiger partial charge in [0, 0.05) is 41.6 Å². The molecule has 1 unspecified atom stereocenters. The van der Waals surface area contributed by atoms with Crippen molar-refractivity contribution in [1.29, 1.82) is 0 Å². The van der Waals surface area contributed by atoms with Gasteiger partial charge in [0.1, 0.15) is 0 Å². The summed E-state index contributed by atoms with van der Waals surface area (Å²) in [5.74, 6) is 0.821. The van der Waals surface area contributed by atoms with Crippen molar-refractivity contribution in [3.05, 3.63) is 41.1 Å². The van der Waals surface area contributed by atoms with E-state index in [2.05, 4.69) is 48.2 Å². The molecule has 5 heteroatoms. The summed E-state index contributed by atoms with van der Waals surface area (Å²) >= 11 is 3.49. The second-order valence-electron chi connectivity index (χ2n) is 5.00. The number of nitrogens with zero attached hydrogens (tertiary/aromatic N) is 3. The lowest BCUT2D eigenvalue weighted by Crippen LogP contribution is -2.30. The summed E-state index contributed by atoms with van der Waals surface area (Å²) in [4.78, 5) is 11.2. The Morgan fingerprint density at radius 1 is 1.25 bits per heavy atom. The fraction of sp³-hybridized carbons (Fsp3) is 0.333. The summed E-state index contributed by atoms with van der Waals surface area (Å²) in [6.45, 7) is 1.99. The maximum atomic E-state index is 4.51. The van der Waals surface area contributed by atoms with Crippen LogP contribution in [0.25, 0.3) is 11.1 Å². The van der Waals surface area contributed by atoms with Crippen molar-refractivity contribution in [3.63, 3.8) is 0 Å². The standard InChI is InChI=1S/C15H17BrN4/c1-17-14-5-6-20(10-14)15-18-8-12(9-19-15)11-3-2-4-13(16)7-11/h2-4,7-9,14,17H,5-6,10H2,1H3. The Bertz CT molecular complexity index is 585. The molecule has 20 heavy (non-hydrogen) atoms. The Labute approximate surface area is 127 Å². The average molecular weight is 333 g/mol. The van der Waals surface area contributed by atoms with E-state index in [1.54, 1.807) is 0 Å². The fourth-order valence-electron chi connectivity index (χ4n) is 2.48. The first-order valence-corrected chi connectivity index (χ1v) is 7.56. The van der Waals surface area contributed by atoms with Crippen molar-refractivity contribution in [1.82, 2.24) is 15.3 Å². The largest absolute Gasteiger partial charge is 0.339 e. The SMILES string of the molecule is CNC1CCN(c2ncc(-c3cccc(Br)c3)cn2)C1. The number of likely N-dealkylation sites (N-methyl/N-ethyl adjacent to an activating group) is 1. The molecule has 3 rings (SSSR count). The van der Waals surface area contributed by atoms with Crippen molar-refractivity contribution in [2.24, 2.45) is 0 Å². The summed E-state index contributed by atoms with van der Waals surface area (Å²) in [5, 5.41) is 3.30. The van der Waals surface area contributed by atoms with Crippen LogP contribution in [0, 0.1) is 0 Å². The molecule has 1 aliphatic rings. The normalized spacial score (nSPS) is 18.5. The van der Waals surface area contributed by atoms with Crippen molar-refractivity contribution in [2.75, 3.05) is 25.0 Å². The minimum atomic E-state index is 0.545. The molecule has 1 fully saturated rings. The molecule has 1 aromatic heterocycles. The van der Waals surface area contributed by atoms with E-state index >= 15 is 0 Å². The van der Waals surface area contributed by atoms with Crippen LogP contribution in [0.4, 0.5) is 5.95 Å². The van der Waals surface area contributed by atoms with Crippen LogP contribution >= 0.6 is 15.9 Å². The van der Waals surface area contributed by atoms with Crippen LogP contribution < -0.4 is 10.2 Å². The molecular formula is C15H17BrN4. The highest BCUT2D eigenvalue weighted by Crippen LogP contribution is 2.23. The van der Waals surface area contributed by atoms with Crippen LogP contribution in [-0.2, 0) is 0 Å². The van der Waals surface area contributed by atoms with E-state index in [4.69, 9.17) is 0 Å². The molecule has 4 nitrogen and oxygen atoms in total. The molecule has 0 bridgehead atoms. The van der Waals surface area contributed by atoms with Crippen molar-refractivity contribution in [2.45, 2.75) is 12.5 Å². The molecule has 1 N–H and O–H groups in total. The summed E-state index contributed by atoms with van der Waals surface area (Å²) in [6.07, 6.45) is 4.95. The highest BCUT2D eigenvalue weighted by atomic mass is 79.9.